The van der Waals surface area contributed by atoms with Crippen molar-refractivity contribution >= 4 is 12.0 Å². The van der Waals surface area contributed by atoms with Crippen LogP contribution in [0.2, 0.25) is 0 Å². The Balaban J connectivity index is 1.92. The lowest BCUT2D eigenvalue weighted by Crippen LogP contribution is -2.25. The van der Waals surface area contributed by atoms with Gasteiger partial charge in [0.1, 0.15) is 0 Å². The van der Waals surface area contributed by atoms with Gasteiger partial charge in [-0.05, 0) is 55.0 Å². The van der Waals surface area contributed by atoms with E-state index in [9.17, 15) is 4.79 Å². The molecule has 2 rings (SSSR count). The molecule has 0 atom stereocenters. The molecular formula is C18H25NO2. The van der Waals surface area contributed by atoms with Gasteiger partial charge in [-0.2, -0.15) is 0 Å². The van der Waals surface area contributed by atoms with E-state index in [1.807, 2.05) is 12.1 Å². The molecule has 0 amide bonds. The van der Waals surface area contributed by atoms with Crippen molar-refractivity contribution in [2.45, 2.75) is 39.7 Å². The minimum atomic E-state index is -0.911. The number of carboxylic acid groups (broad SMARTS) is 1. The highest BCUT2D eigenvalue weighted by atomic mass is 16.4. The highest BCUT2D eigenvalue weighted by molar-refractivity contribution is 5.85. The van der Waals surface area contributed by atoms with Crippen LogP contribution < -0.4 is 0 Å². The van der Waals surface area contributed by atoms with Crippen LogP contribution in [0.3, 0.4) is 0 Å². The van der Waals surface area contributed by atoms with Crippen LogP contribution in [0.25, 0.3) is 6.08 Å². The van der Waals surface area contributed by atoms with Crippen molar-refractivity contribution in [3.63, 3.8) is 0 Å². The van der Waals surface area contributed by atoms with Gasteiger partial charge in [0, 0.05) is 12.6 Å². The average Bonchev–Trinajstić information content (AvgIpc) is 2.59. The number of likely N-dealkylation sites (tertiary alicyclic amines) is 1. The number of carbonyl (C=O) groups is 1. The lowest BCUT2D eigenvalue weighted by molar-refractivity contribution is -0.131. The largest absolute Gasteiger partial charge is 0.478 e. The zero-order valence-electron chi connectivity index (χ0n) is 13.0. The number of nitrogens with zero attached hydrogens (tertiary/aromatic N) is 1. The summed E-state index contributed by atoms with van der Waals surface area (Å²) < 4.78 is 0. The number of rotatable bonds is 4. The van der Waals surface area contributed by atoms with Crippen LogP contribution in [-0.2, 0) is 11.3 Å². The van der Waals surface area contributed by atoms with Crippen molar-refractivity contribution in [2.75, 3.05) is 13.1 Å². The van der Waals surface area contributed by atoms with Crippen LogP contribution >= 0.6 is 0 Å². The van der Waals surface area contributed by atoms with E-state index in [4.69, 9.17) is 5.11 Å². The van der Waals surface area contributed by atoms with Crippen molar-refractivity contribution < 1.29 is 9.90 Å². The molecule has 3 heteroatoms. The van der Waals surface area contributed by atoms with E-state index in [1.54, 1.807) is 6.08 Å². The fourth-order valence-corrected chi connectivity index (χ4v) is 2.80. The fourth-order valence-electron chi connectivity index (χ4n) is 2.80. The predicted octanol–water partition coefficient (Wildman–Crippen LogP) is 3.80. The molecule has 1 aromatic carbocycles. The van der Waals surface area contributed by atoms with Crippen molar-refractivity contribution in [2.24, 2.45) is 5.41 Å². The van der Waals surface area contributed by atoms with E-state index in [-0.39, 0.29) is 0 Å². The molecule has 0 aromatic heterocycles. The van der Waals surface area contributed by atoms with Crippen molar-refractivity contribution in [1.82, 2.24) is 4.90 Å². The van der Waals surface area contributed by atoms with Gasteiger partial charge >= 0.3 is 5.97 Å². The summed E-state index contributed by atoms with van der Waals surface area (Å²) in [6, 6.07) is 8.15. The molecule has 114 valence electrons. The highest BCUT2D eigenvalue weighted by Crippen LogP contribution is 2.30. The molecule has 0 radical (unpaired) electrons. The third kappa shape index (κ3) is 5.35. The Morgan fingerprint density at radius 2 is 1.95 bits per heavy atom. The number of aliphatic carboxylic acids is 1. The van der Waals surface area contributed by atoms with Gasteiger partial charge in [0.25, 0.3) is 0 Å². The molecule has 1 aliphatic rings. The molecule has 0 spiro atoms. The second-order valence-corrected chi connectivity index (χ2v) is 6.71. The molecular weight excluding hydrogens is 262 g/mol. The summed E-state index contributed by atoms with van der Waals surface area (Å²) in [7, 11) is 0. The van der Waals surface area contributed by atoms with Gasteiger partial charge in [0.2, 0.25) is 0 Å². The molecule has 1 heterocycles. The first-order valence-electron chi connectivity index (χ1n) is 7.67. The van der Waals surface area contributed by atoms with E-state index in [1.165, 1.54) is 37.4 Å². The maximum atomic E-state index is 10.5. The maximum Gasteiger partial charge on any atom is 0.328 e. The van der Waals surface area contributed by atoms with E-state index in [2.05, 4.69) is 30.9 Å². The Kier molecular flexibility index (Phi) is 5.18. The van der Waals surface area contributed by atoms with Crippen molar-refractivity contribution in [1.29, 1.82) is 0 Å². The molecule has 0 saturated carbocycles. The summed E-state index contributed by atoms with van der Waals surface area (Å²) in [6.45, 7) is 8.04. The van der Waals surface area contributed by atoms with Crippen LogP contribution in [0.5, 0.6) is 0 Å². The first-order valence-corrected chi connectivity index (χ1v) is 7.67. The van der Waals surface area contributed by atoms with Crippen LogP contribution in [0, 0.1) is 5.41 Å². The van der Waals surface area contributed by atoms with Gasteiger partial charge in [-0.1, -0.05) is 38.1 Å². The van der Waals surface area contributed by atoms with Crippen molar-refractivity contribution in [3.05, 3.63) is 41.5 Å². The minimum Gasteiger partial charge on any atom is -0.478 e. The second kappa shape index (κ2) is 6.90. The first kappa shape index (κ1) is 15.8. The summed E-state index contributed by atoms with van der Waals surface area (Å²) in [5.74, 6) is -0.911. The van der Waals surface area contributed by atoms with E-state index in [0.29, 0.717) is 5.41 Å². The summed E-state index contributed by atoms with van der Waals surface area (Å²) >= 11 is 0. The van der Waals surface area contributed by atoms with Gasteiger partial charge in [0.15, 0.2) is 0 Å². The molecule has 21 heavy (non-hydrogen) atoms. The minimum absolute atomic E-state index is 0.472. The zero-order valence-corrected chi connectivity index (χ0v) is 13.0. The van der Waals surface area contributed by atoms with E-state index < -0.39 is 5.97 Å². The standard InChI is InChI=1S/C18H25NO2/c1-18(2)10-3-12-19(13-11-18)14-16-6-4-15(5-7-16)8-9-17(20)21/h4-9H,3,10-14H2,1-2H3,(H,20,21). The average molecular weight is 287 g/mol. The topological polar surface area (TPSA) is 40.5 Å². The quantitative estimate of drug-likeness (QED) is 0.856. The lowest BCUT2D eigenvalue weighted by Gasteiger charge is -2.23. The third-order valence-electron chi connectivity index (χ3n) is 4.24. The van der Waals surface area contributed by atoms with E-state index in [0.717, 1.165) is 18.7 Å². The first-order chi connectivity index (χ1) is 9.94. The molecule has 0 bridgehead atoms. The molecule has 3 nitrogen and oxygen atoms in total. The Morgan fingerprint density at radius 1 is 1.24 bits per heavy atom. The summed E-state index contributed by atoms with van der Waals surface area (Å²) in [6.07, 6.45) is 6.63. The monoisotopic (exact) mass is 287 g/mol. The molecule has 1 saturated heterocycles. The molecule has 0 aliphatic carbocycles. The van der Waals surface area contributed by atoms with Gasteiger partial charge in [-0.15, -0.1) is 0 Å². The molecule has 1 aromatic rings. The maximum absolute atomic E-state index is 10.5. The summed E-state index contributed by atoms with van der Waals surface area (Å²) in [4.78, 5) is 13.0. The van der Waals surface area contributed by atoms with Gasteiger partial charge < -0.3 is 5.11 Å². The summed E-state index contributed by atoms with van der Waals surface area (Å²) in [5, 5.41) is 8.62. The third-order valence-corrected chi connectivity index (χ3v) is 4.24. The Bertz CT molecular complexity index is 502. The number of benzene rings is 1. The number of hydrogen-bond donors (Lipinski definition) is 1. The predicted molar refractivity (Wildman–Crippen MR) is 86.0 cm³/mol. The fraction of sp³-hybridized carbons (Fsp3) is 0.500. The highest BCUT2D eigenvalue weighted by Gasteiger charge is 2.22. The normalized spacial score (nSPS) is 19.5. The zero-order chi connectivity index (χ0) is 15.3. The molecule has 1 aliphatic heterocycles. The summed E-state index contributed by atoms with van der Waals surface area (Å²) in [5.41, 5.74) is 2.69. The van der Waals surface area contributed by atoms with Crippen molar-refractivity contribution in [3.8, 4) is 0 Å². The Hall–Kier alpha value is -1.61. The van der Waals surface area contributed by atoms with Crippen LogP contribution in [0.4, 0.5) is 0 Å². The van der Waals surface area contributed by atoms with Gasteiger partial charge in [0.05, 0.1) is 0 Å². The number of carboxylic acids is 1. The smallest absolute Gasteiger partial charge is 0.328 e. The molecule has 1 fully saturated rings. The molecule has 1 N–H and O–H groups in total. The SMILES string of the molecule is CC1(C)CCCN(Cc2ccc(C=CC(=O)O)cc2)CC1. The lowest BCUT2D eigenvalue weighted by atomic mass is 9.85. The Labute approximate surface area is 127 Å². The van der Waals surface area contributed by atoms with Crippen LogP contribution in [0.1, 0.15) is 44.2 Å². The number of hydrogen-bond acceptors (Lipinski definition) is 2. The Morgan fingerprint density at radius 3 is 2.62 bits per heavy atom. The van der Waals surface area contributed by atoms with Gasteiger partial charge in [-0.25, -0.2) is 4.79 Å². The van der Waals surface area contributed by atoms with E-state index >= 15 is 0 Å². The van der Waals surface area contributed by atoms with Crippen LogP contribution in [-0.4, -0.2) is 29.1 Å². The molecule has 0 unspecified atom stereocenters. The van der Waals surface area contributed by atoms with Gasteiger partial charge in [-0.3, -0.25) is 4.90 Å². The second-order valence-electron chi connectivity index (χ2n) is 6.71. The van der Waals surface area contributed by atoms with Crippen LogP contribution in [0.15, 0.2) is 30.3 Å².